The Morgan fingerprint density at radius 1 is 0.945 bits per heavy atom. The number of sulfonamides is 1. The van der Waals surface area contributed by atoms with E-state index in [4.69, 9.17) is 27.7 Å². The van der Waals surface area contributed by atoms with Gasteiger partial charge in [0.25, 0.3) is 5.92 Å². The molecule has 1 unspecified atom stereocenters. The van der Waals surface area contributed by atoms with Crippen molar-refractivity contribution < 1.29 is 70.3 Å². The molecule has 5 aromatic rings. The first-order valence-corrected chi connectivity index (χ1v) is 25.8. The summed E-state index contributed by atoms with van der Waals surface area (Å²) in [5.74, 6) is -11.5. The molecule has 0 radical (unpaired) electrons. The van der Waals surface area contributed by atoms with E-state index in [9.17, 15) is 61.5 Å². The van der Waals surface area contributed by atoms with Crippen molar-refractivity contribution in [3.63, 3.8) is 0 Å². The Hall–Kier alpha value is -6.23. The SMILES string of the molecule is CC(C)(CCc1ccc(-c2ccc(Cl)c3c(N(C(=O)NCCNC(=N)N)S(C)(=O)=O)nn(CC(F)(F)F)c23)c([C@H](Cc2cc(F)cc(F)c2)NC(=O)Cn2nc(C(F)(F)F)c3c2C(F)(F)C2C[C@H]32)n1)S(C)(=O)=O. The Balaban J connectivity index is 1.45. The first-order valence-electron chi connectivity index (χ1n) is 21.7. The fourth-order valence-corrected chi connectivity index (χ4v) is 10.2. The van der Waals surface area contributed by atoms with E-state index in [0.717, 1.165) is 30.5 Å². The number of benzene rings is 2. The third-order valence-corrected chi connectivity index (χ3v) is 15.9. The van der Waals surface area contributed by atoms with Crippen LogP contribution in [0.2, 0.25) is 5.02 Å². The second-order valence-corrected chi connectivity index (χ2v) is 23.1. The van der Waals surface area contributed by atoms with Gasteiger partial charge in [0.05, 0.1) is 38.7 Å². The standard InChI is InChI=1S/C43H44ClF10N11O6S2/c1-40(2,72(3,68)69)10-9-23-5-6-24(25-7-8-28(44)32-34(25)64(19-41(47,48)49)62-37(32)65(73(4,70)71)39(67)58-12-11-57-38(55)56)33(59-23)29(15-20-13-21(45)16-22(46)14-20)60-30(66)18-63-36-31(35(61-63)43(52,53)54)26-17-27(26)42(36,50)51/h5-8,13-14,16,26-27,29H,9-12,15,17-19H2,1-4H3,(H,58,67)(H,60,66)(H4,55,56,57)/t26-,27?,29-/m0/s1. The number of hydrogen-bond donors (Lipinski definition) is 5. The molecule has 17 nitrogen and oxygen atoms in total. The van der Waals surface area contributed by atoms with Crippen LogP contribution in [0.5, 0.6) is 0 Å². The summed E-state index contributed by atoms with van der Waals surface area (Å²) < 4.78 is 198. The highest BCUT2D eigenvalue weighted by molar-refractivity contribution is 7.93. The minimum atomic E-state index is -5.22. The van der Waals surface area contributed by atoms with Crippen LogP contribution in [0.3, 0.4) is 0 Å². The topological polar surface area (TPSA) is 240 Å². The number of halogens is 11. The molecule has 1 saturated carbocycles. The molecule has 2 aliphatic carbocycles. The van der Waals surface area contributed by atoms with E-state index in [2.05, 4.69) is 26.1 Å². The number of rotatable bonds is 17. The number of guanidine groups is 1. The molecule has 3 aromatic heterocycles. The van der Waals surface area contributed by atoms with Crippen molar-refractivity contribution in [3.05, 3.63) is 93.0 Å². The first-order chi connectivity index (χ1) is 33.6. The number of nitrogens with two attached hydrogens (primary N) is 1. The molecule has 0 saturated heterocycles. The Morgan fingerprint density at radius 2 is 1.58 bits per heavy atom. The summed E-state index contributed by atoms with van der Waals surface area (Å²) in [7, 11) is -8.54. The number of fused-ring (bicyclic) bond motifs is 4. The first kappa shape index (κ1) is 54.5. The quantitative estimate of drug-likeness (QED) is 0.0280. The fraction of sp³-hybridized carbons (Fsp3) is 0.442. The lowest BCUT2D eigenvalue weighted by Crippen LogP contribution is -2.46. The number of aromatic nitrogens is 5. The van der Waals surface area contributed by atoms with Crippen molar-refractivity contribution in [1.82, 2.24) is 40.5 Å². The summed E-state index contributed by atoms with van der Waals surface area (Å²) in [5.41, 5.74) is -0.00749. The third-order valence-electron chi connectivity index (χ3n) is 12.4. The summed E-state index contributed by atoms with van der Waals surface area (Å²) in [4.78, 5) is 32.5. The Kier molecular flexibility index (Phi) is 14.4. The largest absolute Gasteiger partial charge is 0.435 e. The number of nitrogens with one attached hydrogen (secondary N) is 4. The molecule has 0 spiro atoms. The van der Waals surface area contributed by atoms with E-state index < -0.39 is 148 Å². The molecule has 396 valence electrons. The molecule has 3 amide bonds. The summed E-state index contributed by atoms with van der Waals surface area (Å²) >= 11 is 6.64. The number of urea groups is 1. The molecule has 30 heteroatoms. The zero-order valence-corrected chi connectivity index (χ0v) is 41.0. The molecular formula is C43H44ClF10N11O6S2. The molecule has 2 aliphatic rings. The van der Waals surface area contributed by atoms with Gasteiger partial charge >= 0.3 is 18.4 Å². The van der Waals surface area contributed by atoms with Gasteiger partial charge in [-0.05, 0) is 75.3 Å². The highest BCUT2D eigenvalue weighted by Crippen LogP contribution is 2.68. The molecule has 3 heterocycles. The lowest BCUT2D eigenvalue weighted by Gasteiger charge is -2.25. The number of amides is 3. The minimum Gasteiger partial charge on any atom is -0.370 e. The number of anilines is 1. The normalized spacial score (nSPS) is 17.0. The van der Waals surface area contributed by atoms with Crippen LogP contribution in [0.15, 0.2) is 42.5 Å². The second kappa shape index (κ2) is 19.2. The van der Waals surface area contributed by atoms with Crippen molar-refractivity contribution in [2.75, 3.05) is 29.9 Å². The summed E-state index contributed by atoms with van der Waals surface area (Å²) in [6.07, 6.45) is -10.0. The van der Waals surface area contributed by atoms with Gasteiger partial charge in [-0.2, -0.15) is 49.6 Å². The highest BCUT2D eigenvalue weighted by Gasteiger charge is 2.68. The number of nitrogens with zero attached hydrogens (tertiary/aromatic N) is 6. The maximum absolute atomic E-state index is 15.6. The van der Waals surface area contributed by atoms with Crippen LogP contribution in [0.1, 0.15) is 72.6 Å². The maximum Gasteiger partial charge on any atom is 0.435 e. The van der Waals surface area contributed by atoms with Crippen LogP contribution in [-0.2, 0) is 62.7 Å². The van der Waals surface area contributed by atoms with Gasteiger partial charge in [-0.3, -0.25) is 24.6 Å². The van der Waals surface area contributed by atoms with E-state index in [1.807, 2.05) is 0 Å². The third kappa shape index (κ3) is 11.5. The van der Waals surface area contributed by atoms with Crippen LogP contribution in [0.25, 0.3) is 22.0 Å². The molecule has 0 aliphatic heterocycles. The maximum atomic E-state index is 15.6. The van der Waals surface area contributed by atoms with Gasteiger partial charge in [-0.1, -0.05) is 23.7 Å². The average Bonchev–Trinajstić information content (AvgIpc) is 3.75. The van der Waals surface area contributed by atoms with E-state index in [1.165, 1.54) is 26.0 Å². The monoisotopic (exact) mass is 1100 g/mol. The van der Waals surface area contributed by atoms with Crippen molar-refractivity contribution >= 4 is 66.1 Å². The smallest absolute Gasteiger partial charge is 0.370 e. The van der Waals surface area contributed by atoms with Crippen LogP contribution >= 0.6 is 11.6 Å². The van der Waals surface area contributed by atoms with Gasteiger partial charge < -0.3 is 21.7 Å². The van der Waals surface area contributed by atoms with Gasteiger partial charge in [-0.15, -0.1) is 0 Å². The number of hydrogen-bond acceptors (Lipinski definition) is 10. The van der Waals surface area contributed by atoms with Crippen LogP contribution in [-0.4, -0.2) is 95.8 Å². The van der Waals surface area contributed by atoms with Crippen LogP contribution < -0.4 is 26.0 Å². The van der Waals surface area contributed by atoms with Gasteiger partial charge in [0, 0.05) is 53.7 Å². The molecule has 7 rings (SSSR count). The van der Waals surface area contributed by atoms with Crippen LogP contribution in [0.4, 0.5) is 54.5 Å². The summed E-state index contributed by atoms with van der Waals surface area (Å²) in [6, 6.07) is 3.75. The molecule has 6 N–H and O–H groups in total. The summed E-state index contributed by atoms with van der Waals surface area (Å²) in [5, 5.41) is 20.6. The van der Waals surface area contributed by atoms with E-state index in [0.29, 0.717) is 12.3 Å². The second-order valence-electron chi connectivity index (χ2n) is 18.2. The van der Waals surface area contributed by atoms with E-state index in [1.54, 1.807) is 0 Å². The zero-order chi connectivity index (χ0) is 54.1. The van der Waals surface area contributed by atoms with Gasteiger partial charge in [0.15, 0.2) is 27.3 Å². The Labute approximate surface area is 414 Å². The number of carbonyl (C=O) groups is 2. The number of carbonyl (C=O) groups excluding carboxylic acids is 2. The number of alkyl halides is 8. The van der Waals surface area contributed by atoms with Gasteiger partial charge in [0.2, 0.25) is 15.9 Å². The van der Waals surface area contributed by atoms with Crippen LogP contribution in [0, 0.1) is 23.0 Å². The van der Waals surface area contributed by atoms with Gasteiger partial charge in [-0.25, -0.2) is 30.4 Å². The summed E-state index contributed by atoms with van der Waals surface area (Å²) in [6.45, 7) is -1.03. The Morgan fingerprint density at radius 3 is 2.16 bits per heavy atom. The van der Waals surface area contributed by atoms with Crippen molar-refractivity contribution in [3.8, 4) is 11.1 Å². The molecule has 73 heavy (non-hydrogen) atoms. The van der Waals surface area contributed by atoms with E-state index in [-0.39, 0.29) is 74.1 Å². The molecule has 1 fully saturated rings. The fourth-order valence-electron chi connectivity index (χ4n) is 8.66. The molecular weight excluding hydrogens is 1060 g/mol. The number of sulfone groups is 1. The number of pyridine rings is 1. The predicted molar refractivity (Wildman–Crippen MR) is 245 cm³/mol. The molecule has 2 aromatic carbocycles. The van der Waals surface area contributed by atoms with Crippen molar-refractivity contribution in [2.24, 2.45) is 11.7 Å². The average molecular weight is 1100 g/mol. The van der Waals surface area contributed by atoms with Crippen molar-refractivity contribution in [2.45, 2.75) is 87.6 Å². The molecule has 0 bridgehead atoms. The lowest BCUT2D eigenvalue weighted by atomic mass is 9.93. The lowest BCUT2D eigenvalue weighted by molar-refractivity contribution is -0.143. The minimum absolute atomic E-state index is 0.0299. The van der Waals surface area contributed by atoms with Crippen molar-refractivity contribution in [1.29, 1.82) is 5.41 Å². The van der Waals surface area contributed by atoms with E-state index >= 15 is 8.78 Å². The highest BCUT2D eigenvalue weighted by atomic mass is 35.5. The zero-order valence-electron chi connectivity index (χ0n) is 38.6. The van der Waals surface area contributed by atoms with Gasteiger partial charge in [0.1, 0.15) is 30.4 Å². The molecule has 3 atom stereocenters. The number of aryl methyl sites for hydroxylation is 1. The predicted octanol–water partition coefficient (Wildman–Crippen LogP) is 6.83. The Bertz CT molecular complexity index is 3250.